The van der Waals surface area contributed by atoms with Crippen LogP contribution in [0.3, 0.4) is 0 Å². The van der Waals surface area contributed by atoms with Gasteiger partial charge in [0.2, 0.25) is 11.8 Å². The van der Waals surface area contributed by atoms with Gasteiger partial charge in [0.15, 0.2) is 0 Å². The number of imide groups is 1. The van der Waals surface area contributed by atoms with Gasteiger partial charge in [-0.2, -0.15) is 0 Å². The molecule has 0 bridgehead atoms. The van der Waals surface area contributed by atoms with E-state index in [2.05, 4.69) is 17.2 Å². The summed E-state index contributed by atoms with van der Waals surface area (Å²) in [6.45, 7) is 3.55. The first kappa shape index (κ1) is 20.5. The summed E-state index contributed by atoms with van der Waals surface area (Å²) in [7, 11) is 0. The van der Waals surface area contributed by atoms with Gasteiger partial charge in [-0.15, -0.1) is 0 Å². The summed E-state index contributed by atoms with van der Waals surface area (Å²) >= 11 is 0. The zero-order valence-corrected chi connectivity index (χ0v) is 16.6. The number of nitrogens with zero attached hydrogens (tertiary/aromatic N) is 1. The molecule has 0 spiro atoms. The van der Waals surface area contributed by atoms with E-state index in [-0.39, 0.29) is 54.4 Å². The van der Waals surface area contributed by atoms with Gasteiger partial charge in [0, 0.05) is 35.2 Å². The molecule has 1 saturated heterocycles. The largest absolute Gasteiger partial charge is 0.348 e. The minimum absolute atomic E-state index is 0.0479. The van der Waals surface area contributed by atoms with Gasteiger partial charge in [-0.3, -0.25) is 24.5 Å². The Morgan fingerprint density at radius 3 is 2.61 bits per heavy atom. The van der Waals surface area contributed by atoms with Crippen LogP contribution in [0.2, 0.25) is 0 Å². The molecule has 2 N–H and O–H groups in total. The van der Waals surface area contributed by atoms with Gasteiger partial charge in [0.25, 0.3) is 11.8 Å². The molecule has 4 rings (SSSR count). The molecule has 1 unspecified atom stereocenters. The molecule has 0 radical (unpaired) electrons. The Bertz CT molecular complexity index is 1110. The average Bonchev–Trinajstić information content (AvgIpc) is 3.10. The number of carbonyl (C=O) groups is 4. The Labute approximate surface area is 177 Å². The molecule has 2 aliphatic heterocycles. The fourth-order valence-electron chi connectivity index (χ4n) is 3.84. The van der Waals surface area contributed by atoms with Crippen LogP contribution in [0, 0.1) is 5.82 Å². The number of hydrogen-bond acceptors (Lipinski definition) is 4. The molecule has 4 amide bonds. The fourth-order valence-corrected chi connectivity index (χ4v) is 3.84. The quantitative estimate of drug-likeness (QED) is 0.724. The number of halogens is 1. The number of carbonyl (C=O) groups excluding carboxylic acids is 4. The molecule has 8 heteroatoms. The fraction of sp³-hybridized carbons (Fsp3) is 0.217. The summed E-state index contributed by atoms with van der Waals surface area (Å²) in [5.41, 5.74) is 1.94. The Kier molecular flexibility index (Phi) is 5.37. The van der Waals surface area contributed by atoms with Crippen molar-refractivity contribution in [2.45, 2.75) is 32.0 Å². The molecule has 1 fully saturated rings. The topological polar surface area (TPSA) is 95.6 Å². The highest BCUT2D eigenvalue weighted by molar-refractivity contribution is 6.05. The standard InChI is InChI=1S/C23H20FN3O4/c1-2-13-3-5-14(6-4-13)21(29)25-11-15-7-8-16-17(20(15)24)12-27(23(16)31)18-9-10-19(28)26-22(18)30/h2-8,18H,1,9-12H2,(H,25,29)(H,26,28,30). The van der Waals surface area contributed by atoms with Gasteiger partial charge >= 0.3 is 0 Å². The Morgan fingerprint density at radius 2 is 1.94 bits per heavy atom. The summed E-state index contributed by atoms with van der Waals surface area (Å²) in [4.78, 5) is 49.8. The molecule has 0 saturated carbocycles. The lowest BCUT2D eigenvalue weighted by atomic mass is 10.0. The second-order valence-electron chi connectivity index (χ2n) is 7.47. The number of nitrogens with one attached hydrogen (secondary N) is 2. The van der Waals surface area contributed by atoms with E-state index in [1.807, 2.05) is 0 Å². The van der Waals surface area contributed by atoms with Crippen LogP contribution < -0.4 is 10.6 Å². The van der Waals surface area contributed by atoms with Crippen LogP contribution in [0.5, 0.6) is 0 Å². The zero-order valence-electron chi connectivity index (χ0n) is 16.6. The van der Waals surface area contributed by atoms with Crippen molar-refractivity contribution in [3.05, 3.63) is 76.6 Å². The molecule has 1 atom stereocenters. The van der Waals surface area contributed by atoms with Crippen molar-refractivity contribution in [3.63, 3.8) is 0 Å². The number of benzene rings is 2. The highest BCUT2D eigenvalue weighted by Crippen LogP contribution is 2.30. The molecule has 2 heterocycles. The molecule has 158 valence electrons. The molecular weight excluding hydrogens is 401 g/mol. The lowest BCUT2D eigenvalue weighted by Gasteiger charge is -2.29. The maximum atomic E-state index is 15.1. The highest BCUT2D eigenvalue weighted by atomic mass is 19.1. The first-order chi connectivity index (χ1) is 14.9. The normalized spacial score (nSPS) is 17.9. The average molecular weight is 421 g/mol. The van der Waals surface area contributed by atoms with Gasteiger partial charge < -0.3 is 10.2 Å². The van der Waals surface area contributed by atoms with Crippen molar-refractivity contribution in [1.82, 2.24) is 15.5 Å². The molecular formula is C23H20FN3O4. The first-order valence-electron chi connectivity index (χ1n) is 9.84. The lowest BCUT2D eigenvalue weighted by Crippen LogP contribution is -2.52. The van der Waals surface area contributed by atoms with Crippen LogP contribution in [0.25, 0.3) is 6.08 Å². The van der Waals surface area contributed by atoms with Crippen LogP contribution in [-0.2, 0) is 22.7 Å². The molecule has 0 aliphatic carbocycles. The lowest BCUT2D eigenvalue weighted by molar-refractivity contribution is -0.136. The molecule has 31 heavy (non-hydrogen) atoms. The highest BCUT2D eigenvalue weighted by Gasteiger charge is 2.40. The summed E-state index contributed by atoms with van der Waals surface area (Å²) < 4.78 is 15.1. The number of rotatable bonds is 5. The van der Waals surface area contributed by atoms with Crippen molar-refractivity contribution in [2.24, 2.45) is 0 Å². The molecule has 0 aromatic heterocycles. The van der Waals surface area contributed by atoms with E-state index < -0.39 is 23.7 Å². The van der Waals surface area contributed by atoms with Crippen molar-refractivity contribution < 1.29 is 23.6 Å². The third kappa shape index (κ3) is 3.84. The van der Waals surface area contributed by atoms with Crippen LogP contribution in [0.15, 0.2) is 43.0 Å². The summed E-state index contributed by atoms with van der Waals surface area (Å²) in [6, 6.07) is 8.98. The third-order valence-corrected chi connectivity index (χ3v) is 5.58. The number of hydrogen-bond donors (Lipinski definition) is 2. The van der Waals surface area contributed by atoms with Crippen molar-refractivity contribution in [1.29, 1.82) is 0 Å². The van der Waals surface area contributed by atoms with E-state index in [4.69, 9.17) is 0 Å². The number of fused-ring (bicyclic) bond motifs is 1. The predicted octanol–water partition coefficient (Wildman–Crippen LogP) is 2.16. The van der Waals surface area contributed by atoms with Gasteiger partial charge in [-0.1, -0.05) is 30.9 Å². The van der Waals surface area contributed by atoms with E-state index in [0.717, 1.165) is 5.56 Å². The van der Waals surface area contributed by atoms with Crippen molar-refractivity contribution in [3.8, 4) is 0 Å². The van der Waals surface area contributed by atoms with Crippen LogP contribution in [0.4, 0.5) is 4.39 Å². The minimum atomic E-state index is -0.807. The summed E-state index contributed by atoms with van der Waals surface area (Å²) in [6.07, 6.45) is 2.00. The first-order valence-corrected chi connectivity index (χ1v) is 9.84. The molecule has 2 aromatic rings. The predicted molar refractivity (Wildman–Crippen MR) is 110 cm³/mol. The van der Waals surface area contributed by atoms with Crippen molar-refractivity contribution in [2.75, 3.05) is 0 Å². The summed E-state index contributed by atoms with van der Waals surface area (Å²) in [5.74, 6) is -2.30. The second kappa shape index (κ2) is 8.14. The number of amides is 4. The third-order valence-electron chi connectivity index (χ3n) is 5.58. The Hall–Kier alpha value is -3.81. The maximum absolute atomic E-state index is 15.1. The molecule has 7 nitrogen and oxygen atoms in total. The molecule has 2 aromatic carbocycles. The van der Waals surface area contributed by atoms with E-state index in [1.54, 1.807) is 30.3 Å². The van der Waals surface area contributed by atoms with Gasteiger partial charge in [0.05, 0.1) is 6.54 Å². The van der Waals surface area contributed by atoms with Crippen LogP contribution in [-0.4, -0.2) is 34.6 Å². The Balaban J connectivity index is 1.48. The van der Waals surface area contributed by atoms with Gasteiger partial charge in [0.1, 0.15) is 11.9 Å². The maximum Gasteiger partial charge on any atom is 0.255 e. The molecule has 2 aliphatic rings. The van der Waals surface area contributed by atoms with Crippen LogP contribution in [0.1, 0.15) is 50.2 Å². The van der Waals surface area contributed by atoms with E-state index in [9.17, 15) is 19.2 Å². The minimum Gasteiger partial charge on any atom is -0.348 e. The van der Waals surface area contributed by atoms with Crippen molar-refractivity contribution >= 4 is 29.7 Å². The van der Waals surface area contributed by atoms with Gasteiger partial charge in [-0.25, -0.2) is 4.39 Å². The van der Waals surface area contributed by atoms with Crippen LogP contribution >= 0.6 is 0 Å². The second-order valence-corrected chi connectivity index (χ2v) is 7.47. The van der Waals surface area contributed by atoms with E-state index >= 15 is 4.39 Å². The van der Waals surface area contributed by atoms with E-state index in [1.165, 1.54) is 17.0 Å². The number of piperidine rings is 1. The summed E-state index contributed by atoms with van der Waals surface area (Å²) in [5, 5.41) is 4.89. The van der Waals surface area contributed by atoms with Gasteiger partial charge in [-0.05, 0) is 30.2 Å². The zero-order chi connectivity index (χ0) is 22.1. The van der Waals surface area contributed by atoms with E-state index in [0.29, 0.717) is 5.56 Å². The smallest absolute Gasteiger partial charge is 0.255 e. The SMILES string of the molecule is C=Cc1ccc(C(=O)NCc2ccc3c(c2F)CN(C2CCC(=O)NC2=O)C3=O)cc1. The monoisotopic (exact) mass is 421 g/mol. The Morgan fingerprint density at radius 1 is 1.19 bits per heavy atom.